The first-order valence-electron chi connectivity index (χ1n) is 5.22. The Labute approximate surface area is 97.2 Å². The topological polar surface area (TPSA) is 69.1 Å². The van der Waals surface area contributed by atoms with Crippen molar-refractivity contribution in [2.75, 3.05) is 0 Å². The molecule has 2 aromatic carbocycles. The first-order valence-corrected chi connectivity index (χ1v) is 5.22. The van der Waals surface area contributed by atoms with E-state index in [9.17, 15) is 10.2 Å². The summed E-state index contributed by atoms with van der Waals surface area (Å²) in [6.07, 6.45) is 0. The molecule has 0 aliphatic heterocycles. The third-order valence-electron chi connectivity index (χ3n) is 2.74. The summed E-state index contributed by atoms with van der Waals surface area (Å²) in [6, 6.07) is 12.2. The summed E-state index contributed by atoms with van der Waals surface area (Å²) in [5.41, 5.74) is 1.85. The Morgan fingerprint density at radius 2 is 1.65 bits per heavy atom. The maximum Gasteiger partial charge on any atom is 0.141 e. The third-order valence-corrected chi connectivity index (χ3v) is 2.74. The van der Waals surface area contributed by atoms with E-state index >= 15 is 0 Å². The van der Waals surface area contributed by atoms with Crippen LogP contribution in [0.15, 0.2) is 42.5 Å². The Hall–Kier alpha value is -2.49. The lowest BCUT2D eigenvalue weighted by atomic mass is 10.1. The molecule has 0 fully saturated rings. The van der Waals surface area contributed by atoms with Crippen LogP contribution < -0.4 is 0 Å². The van der Waals surface area contributed by atoms with E-state index in [4.69, 9.17) is 0 Å². The van der Waals surface area contributed by atoms with Gasteiger partial charge in [0.05, 0.1) is 0 Å². The van der Waals surface area contributed by atoms with E-state index < -0.39 is 0 Å². The molecule has 0 saturated carbocycles. The number of phenols is 2. The third kappa shape index (κ3) is 1.42. The summed E-state index contributed by atoms with van der Waals surface area (Å²) in [5, 5.41) is 27.2. The zero-order valence-corrected chi connectivity index (χ0v) is 8.88. The zero-order chi connectivity index (χ0) is 11.8. The highest BCUT2D eigenvalue weighted by Gasteiger charge is 2.12. The number of para-hydroxylation sites is 2. The van der Waals surface area contributed by atoms with Crippen molar-refractivity contribution in [2.24, 2.45) is 0 Å². The highest BCUT2D eigenvalue weighted by atomic mass is 16.3. The van der Waals surface area contributed by atoms with E-state index in [1.54, 1.807) is 30.3 Å². The van der Waals surface area contributed by atoms with E-state index in [1.807, 2.05) is 12.1 Å². The predicted octanol–water partition coefficient (Wildman–Crippen LogP) is 2.64. The molecule has 4 heteroatoms. The predicted molar refractivity (Wildman–Crippen MR) is 64.9 cm³/mol. The number of H-pyrrole nitrogens is 1. The van der Waals surface area contributed by atoms with Gasteiger partial charge in [0, 0.05) is 10.9 Å². The van der Waals surface area contributed by atoms with Gasteiger partial charge in [0.2, 0.25) is 0 Å². The fourth-order valence-electron chi connectivity index (χ4n) is 1.91. The lowest BCUT2D eigenvalue weighted by molar-refractivity contribution is 0.477. The molecule has 0 aliphatic carbocycles. The quantitative estimate of drug-likeness (QED) is 0.597. The fourth-order valence-corrected chi connectivity index (χ4v) is 1.91. The Kier molecular flexibility index (Phi) is 2.01. The molecule has 0 spiro atoms. The summed E-state index contributed by atoms with van der Waals surface area (Å²) in [5.74, 6) is 0.320. The monoisotopic (exact) mass is 226 g/mol. The number of rotatable bonds is 1. The number of phenolic OH excluding ortho intramolecular Hbond substituents is 2. The minimum absolute atomic E-state index is 0.150. The minimum Gasteiger partial charge on any atom is -0.507 e. The average Bonchev–Trinajstić information content (AvgIpc) is 2.75. The second kappa shape index (κ2) is 3.52. The van der Waals surface area contributed by atoms with Gasteiger partial charge in [0.15, 0.2) is 0 Å². The molecule has 3 rings (SSSR count). The number of nitrogens with zero attached hydrogens (tertiary/aromatic N) is 1. The summed E-state index contributed by atoms with van der Waals surface area (Å²) in [7, 11) is 0. The van der Waals surface area contributed by atoms with E-state index in [-0.39, 0.29) is 11.5 Å². The van der Waals surface area contributed by atoms with Gasteiger partial charge in [0.1, 0.15) is 22.7 Å². The van der Waals surface area contributed by atoms with Crippen molar-refractivity contribution < 1.29 is 10.2 Å². The van der Waals surface area contributed by atoms with Crippen molar-refractivity contribution in [1.82, 2.24) is 10.2 Å². The molecule has 84 valence electrons. The number of hydrogen-bond donors (Lipinski definition) is 3. The van der Waals surface area contributed by atoms with Crippen molar-refractivity contribution in [1.29, 1.82) is 0 Å². The van der Waals surface area contributed by atoms with Gasteiger partial charge in [-0.3, -0.25) is 5.10 Å². The number of hydrogen-bond acceptors (Lipinski definition) is 3. The Balaban J connectivity index is 2.33. The summed E-state index contributed by atoms with van der Waals surface area (Å²) in [6.45, 7) is 0. The van der Waals surface area contributed by atoms with Gasteiger partial charge in [-0.05, 0) is 18.2 Å². The molecule has 0 bridgehead atoms. The smallest absolute Gasteiger partial charge is 0.141 e. The molecule has 1 aromatic heterocycles. The molecule has 0 amide bonds. The molecule has 0 radical (unpaired) electrons. The molecule has 0 aliphatic rings. The van der Waals surface area contributed by atoms with E-state index in [0.29, 0.717) is 16.8 Å². The van der Waals surface area contributed by atoms with Crippen LogP contribution in [0.25, 0.3) is 22.2 Å². The molecule has 0 saturated heterocycles. The normalized spacial score (nSPS) is 10.8. The van der Waals surface area contributed by atoms with Gasteiger partial charge in [-0.1, -0.05) is 24.3 Å². The Bertz CT molecular complexity index is 689. The number of aromatic nitrogens is 2. The van der Waals surface area contributed by atoms with Crippen molar-refractivity contribution in [3.05, 3.63) is 42.5 Å². The van der Waals surface area contributed by atoms with E-state index in [0.717, 1.165) is 5.39 Å². The van der Waals surface area contributed by atoms with Gasteiger partial charge in [-0.15, -0.1) is 0 Å². The van der Waals surface area contributed by atoms with Gasteiger partial charge >= 0.3 is 0 Å². The lowest BCUT2D eigenvalue weighted by Crippen LogP contribution is -1.79. The summed E-state index contributed by atoms with van der Waals surface area (Å²) < 4.78 is 0. The number of aromatic amines is 1. The van der Waals surface area contributed by atoms with Crippen LogP contribution in [0.5, 0.6) is 11.5 Å². The fraction of sp³-hybridized carbons (Fsp3) is 0. The van der Waals surface area contributed by atoms with E-state index in [2.05, 4.69) is 10.2 Å². The molecular weight excluding hydrogens is 216 g/mol. The first-order chi connectivity index (χ1) is 8.27. The average molecular weight is 226 g/mol. The molecule has 3 aromatic rings. The first kappa shape index (κ1) is 9.72. The number of nitrogens with one attached hydrogen (secondary N) is 1. The second-order valence-corrected chi connectivity index (χ2v) is 3.79. The van der Waals surface area contributed by atoms with Gasteiger partial charge < -0.3 is 10.2 Å². The largest absolute Gasteiger partial charge is 0.507 e. The summed E-state index contributed by atoms with van der Waals surface area (Å²) in [4.78, 5) is 0. The molecule has 17 heavy (non-hydrogen) atoms. The van der Waals surface area contributed by atoms with Crippen LogP contribution in [0.1, 0.15) is 0 Å². The highest BCUT2D eigenvalue weighted by molar-refractivity contribution is 5.96. The molecule has 0 atom stereocenters. The summed E-state index contributed by atoms with van der Waals surface area (Å²) >= 11 is 0. The van der Waals surface area contributed by atoms with Crippen molar-refractivity contribution in [3.8, 4) is 22.8 Å². The van der Waals surface area contributed by atoms with Crippen LogP contribution in [0.3, 0.4) is 0 Å². The van der Waals surface area contributed by atoms with Gasteiger partial charge in [-0.25, -0.2) is 0 Å². The van der Waals surface area contributed by atoms with Crippen LogP contribution in [-0.2, 0) is 0 Å². The zero-order valence-electron chi connectivity index (χ0n) is 8.88. The molecule has 4 nitrogen and oxygen atoms in total. The Morgan fingerprint density at radius 3 is 2.47 bits per heavy atom. The van der Waals surface area contributed by atoms with Crippen LogP contribution in [0.2, 0.25) is 0 Å². The van der Waals surface area contributed by atoms with Gasteiger partial charge in [0.25, 0.3) is 0 Å². The second-order valence-electron chi connectivity index (χ2n) is 3.79. The number of benzene rings is 2. The number of fused-ring (bicyclic) bond motifs is 1. The van der Waals surface area contributed by atoms with Gasteiger partial charge in [-0.2, -0.15) is 5.10 Å². The number of aromatic hydroxyl groups is 2. The minimum atomic E-state index is 0.150. The van der Waals surface area contributed by atoms with Crippen LogP contribution in [0.4, 0.5) is 0 Å². The van der Waals surface area contributed by atoms with Crippen molar-refractivity contribution in [2.45, 2.75) is 0 Å². The highest BCUT2D eigenvalue weighted by Crippen LogP contribution is 2.34. The maximum absolute atomic E-state index is 9.79. The van der Waals surface area contributed by atoms with Crippen molar-refractivity contribution in [3.63, 3.8) is 0 Å². The van der Waals surface area contributed by atoms with E-state index in [1.165, 1.54) is 0 Å². The SMILES string of the molecule is Oc1ccccc1-c1n[nH]c2c(O)cccc12. The Morgan fingerprint density at radius 1 is 0.882 bits per heavy atom. The van der Waals surface area contributed by atoms with Crippen molar-refractivity contribution >= 4 is 10.9 Å². The van der Waals surface area contributed by atoms with Crippen LogP contribution in [0, 0.1) is 0 Å². The lowest BCUT2D eigenvalue weighted by Gasteiger charge is -2.01. The maximum atomic E-state index is 9.79. The molecule has 0 unspecified atom stereocenters. The molecule has 1 heterocycles. The van der Waals surface area contributed by atoms with Crippen LogP contribution in [-0.4, -0.2) is 20.4 Å². The molecular formula is C13H10N2O2. The molecule has 3 N–H and O–H groups in total. The van der Waals surface area contributed by atoms with Crippen LogP contribution >= 0.6 is 0 Å². The standard InChI is InChI=1S/C13H10N2O2/c16-10-6-2-1-4-8(10)12-9-5-3-7-11(17)13(9)15-14-12/h1-7,16-17H,(H,14,15).